The molecule has 0 aromatic rings. The predicted molar refractivity (Wildman–Crippen MR) is 42.5 cm³/mol. The third kappa shape index (κ3) is 3.78. The molecule has 0 N–H and O–H groups in total. The Bertz CT molecular complexity index is 218. The van der Waals surface area contributed by atoms with Gasteiger partial charge in [0.2, 0.25) is 0 Å². The van der Waals surface area contributed by atoms with Gasteiger partial charge in [0.25, 0.3) is 0 Å². The highest BCUT2D eigenvalue weighted by Gasteiger charge is 2.41. The molecule has 0 aromatic heterocycles. The molecule has 0 bridgehead atoms. The van der Waals surface area contributed by atoms with Crippen LogP contribution in [0.3, 0.4) is 0 Å². The Balaban J connectivity index is 4.66. The molecule has 0 rings (SSSR count). The van der Waals surface area contributed by atoms with Crippen LogP contribution >= 0.6 is 0 Å². The van der Waals surface area contributed by atoms with Gasteiger partial charge in [0.1, 0.15) is 0 Å². The molecule has 0 aliphatic rings. The van der Waals surface area contributed by atoms with E-state index >= 15 is 0 Å². The number of carbonyl (C=O) groups is 1. The highest BCUT2D eigenvalue weighted by molar-refractivity contribution is 5.83. The highest BCUT2D eigenvalue weighted by Crippen LogP contribution is 2.18. The van der Waals surface area contributed by atoms with Crippen LogP contribution in [-0.4, -0.2) is 17.0 Å². The summed E-state index contributed by atoms with van der Waals surface area (Å²) in [4.78, 5) is 11.1. The average molecular weight is 193 g/mol. The monoisotopic (exact) mass is 193 g/mol. The number of halogens is 3. The van der Waals surface area contributed by atoms with Crippen LogP contribution in [0.2, 0.25) is 0 Å². The van der Waals surface area contributed by atoms with Crippen LogP contribution in [0, 0.1) is 0 Å². The smallest absolute Gasteiger partial charge is 0.288 e. The van der Waals surface area contributed by atoms with E-state index in [-0.39, 0.29) is 0 Å². The summed E-state index contributed by atoms with van der Waals surface area (Å²) in [5, 5.41) is 0. The van der Waals surface area contributed by atoms with E-state index in [9.17, 15) is 18.0 Å². The Kier molecular flexibility index (Phi) is 4.23. The number of carbonyl (C=O) groups excluding carboxylic acids is 1. The zero-order chi connectivity index (χ0) is 10.5. The summed E-state index contributed by atoms with van der Waals surface area (Å²) in [7, 11) is 0. The van der Waals surface area contributed by atoms with Crippen molar-refractivity contribution >= 4 is 5.91 Å². The van der Waals surface area contributed by atoms with Crippen molar-refractivity contribution in [2.75, 3.05) is 0 Å². The Morgan fingerprint density at radius 2 is 1.54 bits per heavy atom. The van der Waals surface area contributed by atoms with Gasteiger partial charge in [0.15, 0.2) is 0 Å². The van der Waals surface area contributed by atoms with E-state index in [1.807, 2.05) is 0 Å². The number of alkyl halides is 3. The van der Waals surface area contributed by atoms with Crippen LogP contribution < -0.4 is 0 Å². The molecule has 5 heteroatoms. The molecule has 0 spiro atoms. The molecular weight excluding hydrogens is 183 g/mol. The van der Waals surface area contributed by atoms with Crippen molar-refractivity contribution in [3.63, 3.8) is 0 Å². The fraction of sp³-hybridized carbons (Fsp3) is 0.375. The normalized spacial score (nSPS) is 12.7. The summed E-state index contributed by atoms with van der Waals surface area (Å²) < 4.78 is 35.7. The molecule has 0 heterocycles. The minimum Gasteiger partial charge on any atom is -0.288 e. The van der Waals surface area contributed by atoms with Crippen molar-refractivity contribution in [2.45, 2.75) is 20.0 Å². The van der Waals surface area contributed by atoms with Crippen LogP contribution in [0.1, 0.15) is 13.8 Å². The minimum atomic E-state index is -4.83. The number of nitrogens with zero attached hydrogens (tertiary/aromatic N) is 1. The quantitative estimate of drug-likeness (QED) is 0.659. The highest BCUT2D eigenvalue weighted by atomic mass is 19.4. The molecule has 0 aliphatic heterocycles. The molecule has 0 fully saturated rings. The predicted octanol–water partition coefficient (Wildman–Crippen LogP) is 2.44. The molecule has 0 radical (unpaired) electrons. The first-order valence-corrected chi connectivity index (χ1v) is 3.58. The summed E-state index contributed by atoms with van der Waals surface area (Å²) in [6.07, 6.45) is -0.0298. The number of allylic oxidation sites excluding steroid dienone is 2. The van der Waals surface area contributed by atoms with E-state index in [0.29, 0.717) is 4.90 Å². The summed E-state index contributed by atoms with van der Waals surface area (Å²) >= 11 is 0. The molecule has 74 valence electrons. The van der Waals surface area contributed by atoms with E-state index in [1.165, 1.54) is 26.0 Å². The van der Waals surface area contributed by atoms with E-state index in [4.69, 9.17) is 0 Å². The van der Waals surface area contributed by atoms with Gasteiger partial charge >= 0.3 is 12.1 Å². The van der Waals surface area contributed by atoms with Gasteiger partial charge < -0.3 is 0 Å². The molecule has 0 atom stereocenters. The fourth-order valence-corrected chi connectivity index (χ4v) is 0.653. The number of amides is 1. The van der Waals surface area contributed by atoms with Gasteiger partial charge in [-0.25, -0.2) is 0 Å². The Morgan fingerprint density at radius 3 is 1.77 bits per heavy atom. The molecule has 0 saturated heterocycles. The van der Waals surface area contributed by atoms with Gasteiger partial charge in [-0.05, 0) is 13.8 Å². The topological polar surface area (TPSA) is 20.3 Å². The van der Waals surface area contributed by atoms with Crippen molar-refractivity contribution in [2.24, 2.45) is 0 Å². The number of hydrogen-bond donors (Lipinski definition) is 0. The molecule has 0 aliphatic carbocycles. The van der Waals surface area contributed by atoms with Gasteiger partial charge in [-0.1, -0.05) is 12.2 Å². The Labute approximate surface area is 74.3 Å². The second-order valence-corrected chi connectivity index (χ2v) is 2.17. The zero-order valence-electron chi connectivity index (χ0n) is 7.30. The first-order chi connectivity index (χ1) is 5.93. The van der Waals surface area contributed by atoms with Crippen LogP contribution in [0.5, 0.6) is 0 Å². The largest absolute Gasteiger partial charge is 0.472 e. The fourth-order valence-electron chi connectivity index (χ4n) is 0.653. The molecular formula is C8H10F3NO. The lowest BCUT2D eigenvalue weighted by Crippen LogP contribution is -2.34. The maximum Gasteiger partial charge on any atom is 0.472 e. The zero-order valence-corrected chi connectivity index (χ0v) is 7.30. The van der Waals surface area contributed by atoms with Gasteiger partial charge in [-0.15, -0.1) is 0 Å². The van der Waals surface area contributed by atoms with Crippen molar-refractivity contribution in [3.8, 4) is 0 Å². The molecule has 0 aromatic carbocycles. The van der Waals surface area contributed by atoms with E-state index < -0.39 is 12.1 Å². The second-order valence-electron chi connectivity index (χ2n) is 2.17. The first kappa shape index (κ1) is 11.7. The van der Waals surface area contributed by atoms with Crippen LogP contribution in [-0.2, 0) is 4.79 Å². The van der Waals surface area contributed by atoms with Crippen molar-refractivity contribution < 1.29 is 18.0 Å². The average Bonchev–Trinajstić information content (AvgIpc) is 2.01. The van der Waals surface area contributed by atoms with Gasteiger partial charge in [0, 0.05) is 12.4 Å². The first-order valence-electron chi connectivity index (χ1n) is 3.58. The van der Waals surface area contributed by atoms with E-state index in [2.05, 4.69) is 0 Å². The maximum atomic E-state index is 11.9. The summed E-state index contributed by atoms with van der Waals surface area (Å²) in [5.41, 5.74) is 0. The van der Waals surface area contributed by atoms with Gasteiger partial charge in [0.05, 0.1) is 0 Å². The molecule has 0 saturated carbocycles. The molecule has 0 unspecified atom stereocenters. The van der Waals surface area contributed by atoms with E-state index in [1.54, 1.807) is 0 Å². The standard InChI is InChI=1S/C8H10F3NO/c1-3-5-12(6-4-2)7(13)8(9,10)11/h3-6H,1-2H3/b5-3+,6-4+. The van der Waals surface area contributed by atoms with Gasteiger partial charge in [-0.2, -0.15) is 13.2 Å². The number of hydrogen-bond acceptors (Lipinski definition) is 1. The molecule has 2 nitrogen and oxygen atoms in total. The van der Waals surface area contributed by atoms with Crippen LogP contribution in [0.15, 0.2) is 24.6 Å². The van der Waals surface area contributed by atoms with E-state index in [0.717, 1.165) is 12.4 Å². The van der Waals surface area contributed by atoms with Crippen LogP contribution in [0.4, 0.5) is 13.2 Å². The van der Waals surface area contributed by atoms with Crippen molar-refractivity contribution in [1.29, 1.82) is 0 Å². The summed E-state index contributed by atoms with van der Waals surface area (Å²) in [6.45, 7) is 3.06. The lowest BCUT2D eigenvalue weighted by Gasteiger charge is -2.14. The Morgan fingerprint density at radius 1 is 1.15 bits per heavy atom. The molecule has 13 heavy (non-hydrogen) atoms. The van der Waals surface area contributed by atoms with Crippen LogP contribution in [0.25, 0.3) is 0 Å². The number of rotatable bonds is 2. The summed E-state index contributed by atoms with van der Waals surface area (Å²) in [5.74, 6) is -1.90. The molecule has 1 amide bonds. The lowest BCUT2D eigenvalue weighted by molar-refractivity contribution is -0.180. The minimum absolute atomic E-state index is 0.486. The maximum absolute atomic E-state index is 11.9. The second kappa shape index (κ2) is 4.69. The Hall–Kier alpha value is -1.26. The third-order valence-electron chi connectivity index (χ3n) is 1.10. The SMILES string of the molecule is C/C=C/N(/C=C/C)C(=O)C(F)(F)F. The lowest BCUT2D eigenvalue weighted by atomic mass is 10.5. The van der Waals surface area contributed by atoms with Crippen molar-refractivity contribution in [1.82, 2.24) is 4.90 Å². The summed E-state index contributed by atoms with van der Waals surface area (Å²) in [6, 6.07) is 0. The van der Waals surface area contributed by atoms with Gasteiger partial charge in [-0.3, -0.25) is 9.69 Å². The third-order valence-corrected chi connectivity index (χ3v) is 1.10. The van der Waals surface area contributed by atoms with Crippen molar-refractivity contribution in [3.05, 3.63) is 24.6 Å².